The topological polar surface area (TPSA) is 113 Å². The number of carbonyl (C=O) groups is 1. The van der Waals surface area contributed by atoms with Gasteiger partial charge in [-0.2, -0.15) is 0 Å². The van der Waals surface area contributed by atoms with Crippen molar-refractivity contribution in [2.24, 2.45) is 0 Å². The highest BCUT2D eigenvalue weighted by Gasteiger charge is 2.27. The second-order valence-electron chi connectivity index (χ2n) is 7.85. The largest absolute Gasteiger partial charge is 0.465 e. The molecule has 2 aromatic carbocycles. The molecule has 0 radical (unpaired) electrons. The number of aromatic nitrogens is 1. The highest BCUT2D eigenvalue weighted by molar-refractivity contribution is 7.92. The van der Waals surface area contributed by atoms with Crippen LogP contribution >= 0.6 is 0 Å². The van der Waals surface area contributed by atoms with E-state index in [0.717, 1.165) is 29.5 Å². The van der Waals surface area contributed by atoms with Gasteiger partial charge in [-0.1, -0.05) is 13.0 Å². The quantitative estimate of drug-likeness (QED) is 0.546. The Labute approximate surface area is 186 Å². The summed E-state index contributed by atoms with van der Waals surface area (Å²) in [5.74, 6) is 0.565. The second-order valence-corrected chi connectivity index (χ2v) is 9.53. The van der Waals surface area contributed by atoms with Crippen LogP contribution in [0.15, 0.2) is 64.4 Å². The molecule has 1 aliphatic carbocycles. The van der Waals surface area contributed by atoms with Crippen LogP contribution in [-0.4, -0.2) is 42.1 Å². The van der Waals surface area contributed by atoms with E-state index < -0.39 is 16.1 Å². The molecule has 0 unspecified atom stereocenters. The van der Waals surface area contributed by atoms with Crippen LogP contribution < -0.4 is 4.72 Å². The van der Waals surface area contributed by atoms with Crippen molar-refractivity contribution in [3.05, 3.63) is 66.2 Å². The molecule has 1 amide bonds. The first-order valence-corrected chi connectivity index (χ1v) is 12.0. The fraction of sp³-hybridized carbons (Fsp3) is 0.304. The fourth-order valence-corrected chi connectivity index (χ4v) is 5.16. The third-order valence-corrected chi connectivity index (χ3v) is 7.09. The van der Waals surface area contributed by atoms with E-state index in [1.54, 1.807) is 24.4 Å². The van der Waals surface area contributed by atoms with Gasteiger partial charge in [-0.25, -0.2) is 18.2 Å². The van der Waals surface area contributed by atoms with E-state index in [0.29, 0.717) is 30.8 Å². The van der Waals surface area contributed by atoms with Gasteiger partial charge in [0.05, 0.1) is 11.1 Å². The van der Waals surface area contributed by atoms with Crippen molar-refractivity contribution in [2.45, 2.75) is 43.5 Å². The number of carboxylic acid groups (broad SMARTS) is 1. The number of benzene rings is 2. The van der Waals surface area contributed by atoms with Gasteiger partial charge in [-0.15, -0.1) is 0 Å². The molecule has 0 aliphatic heterocycles. The minimum absolute atomic E-state index is 0.0506. The maximum atomic E-state index is 12.8. The third kappa shape index (κ3) is 4.62. The number of rotatable bonds is 7. The van der Waals surface area contributed by atoms with Gasteiger partial charge in [0.1, 0.15) is 0 Å². The molecule has 9 heteroatoms. The van der Waals surface area contributed by atoms with Crippen LogP contribution in [0.1, 0.15) is 30.9 Å². The first-order chi connectivity index (χ1) is 15.4. The zero-order valence-electron chi connectivity index (χ0n) is 17.7. The number of nitrogens with zero attached hydrogens (tertiary/aromatic N) is 2. The van der Waals surface area contributed by atoms with Crippen LogP contribution in [0.25, 0.3) is 11.3 Å². The monoisotopic (exact) mass is 455 g/mol. The molecular weight excluding hydrogens is 430 g/mol. The van der Waals surface area contributed by atoms with E-state index in [4.69, 9.17) is 4.42 Å². The van der Waals surface area contributed by atoms with Crippen LogP contribution in [0.2, 0.25) is 0 Å². The lowest BCUT2D eigenvalue weighted by molar-refractivity contribution is 0.119. The van der Waals surface area contributed by atoms with Crippen molar-refractivity contribution in [3.63, 3.8) is 0 Å². The van der Waals surface area contributed by atoms with Gasteiger partial charge in [0.15, 0.2) is 12.2 Å². The number of hydrogen-bond donors (Lipinski definition) is 2. The number of aryl methyl sites for hydroxylation is 1. The number of oxazole rings is 1. The van der Waals surface area contributed by atoms with E-state index in [1.165, 1.54) is 23.4 Å². The minimum Gasteiger partial charge on any atom is -0.465 e. The highest BCUT2D eigenvalue weighted by Crippen LogP contribution is 2.29. The normalized spacial score (nSPS) is 15.7. The van der Waals surface area contributed by atoms with Gasteiger partial charge in [-0.3, -0.25) is 4.72 Å². The molecular formula is C23H25N3O5S. The number of nitrogens with one attached hydrogen (secondary N) is 1. The Bertz CT molecular complexity index is 1190. The van der Waals surface area contributed by atoms with E-state index in [9.17, 15) is 18.3 Å². The molecule has 2 N–H and O–H groups in total. The maximum Gasteiger partial charge on any atom is 0.407 e. The van der Waals surface area contributed by atoms with Gasteiger partial charge in [-0.05, 0) is 73.2 Å². The number of amides is 1. The molecule has 3 aromatic rings. The van der Waals surface area contributed by atoms with Crippen molar-refractivity contribution in [3.8, 4) is 11.3 Å². The lowest BCUT2D eigenvalue weighted by atomic mass is 9.87. The van der Waals surface area contributed by atoms with Gasteiger partial charge >= 0.3 is 6.09 Å². The zero-order valence-corrected chi connectivity index (χ0v) is 18.5. The predicted octanol–water partition coefficient (Wildman–Crippen LogP) is 4.39. The summed E-state index contributed by atoms with van der Waals surface area (Å²) in [4.78, 5) is 17.1. The van der Waals surface area contributed by atoms with E-state index in [2.05, 4.69) is 9.71 Å². The van der Waals surface area contributed by atoms with Crippen LogP contribution in [0.3, 0.4) is 0 Å². The van der Waals surface area contributed by atoms with Crippen molar-refractivity contribution in [1.29, 1.82) is 0 Å². The van der Waals surface area contributed by atoms with Crippen molar-refractivity contribution < 1.29 is 22.7 Å². The summed E-state index contributed by atoms with van der Waals surface area (Å²) in [5, 5.41) is 9.50. The Morgan fingerprint density at radius 1 is 1.22 bits per heavy atom. The number of sulfonamides is 1. The summed E-state index contributed by atoms with van der Waals surface area (Å²) in [5.41, 5.74) is 3.33. The standard InChI is InChI=1S/C23H25N3O5S/c1-2-11-26(23(27)28)20-8-4-17-12-19(7-3-18(17)13-20)25-32(29,30)21-9-5-16(6-10-21)22-14-24-15-31-22/h3,5-7,9-10,12,14-15,20,25H,2,4,8,11,13H2,1H3,(H,27,28)/t20-/m1/s1. The van der Waals surface area contributed by atoms with Gasteiger partial charge < -0.3 is 14.4 Å². The Kier molecular flexibility index (Phi) is 6.18. The summed E-state index contributed by atoms with van der Waals surface area (Å²) in [6.07, 6.45) is 4.83. The SMILES string of the molecule is CCCN(C(=O)O)[C@@H]1CCc2cc(NS(=O)(=O)c3ccc(-c4cnco4)cc3)ccc2C1. The molecule has 8 nitrogen and oxygen atoms in total. The molecule has 32 heavy (non-hydrogen) atoms. The van der Waals surface area contributed by atoms with Crippen molar-refractivity contribution in [2.75, 3.05) is 11.3 Å². The Balaban J connectivity index is 1.48. The molecule has 0 saturated carbocycles. The number of anilines is 1. The minimum atomic E-state index is -3.75. The number of hydrogen-bond acceptors (Lipinski definition) is 5. The van der Waals surface area contributed by atoms with E-state index in [-0.39, 0.29) is 10.9 Å². The summed E-state index contributed by atoms with van der Waals surface area (Å²) < 4.78 is 33.5. The molecule has 0 saturated heterocycles. The molecule has 1 aliphatic rings. The van der Waals surface area contributed by atoms with Crippen LogP contribution in [0.5, 0.6) is 0 Å². The Hall–Kier alpha value is -3.33. The van der Waals surface area contributed by atoms with Crippen molar-refractivity contribution in [1.82, 2.24) is 9.88 Å². The van der Waals surface area contributed by atoms with Crippen LogP contribution in [0, 0.1) is 0 Å². The lowest BCUT2D eigenvalue weighted by Gasteiger charge is -2.33. The van der Waals surface area contributed by atoms with Crippen LogP contribution in [-0.2, 0) is 22.9 Å². The van der Waals surface area contributed by atoms with Gasteiger partial charge in [0, 0.05) is 23.8 Å². The third-order valence-electron chi connectivity index (χ3n) is 5.69. The lowest BCUT2D eigenvalue weighted by Crippen LogP contribution is -2.43. The Morgan fingerprint density at radius 2 is 2.00 bits per heavy atom. The molecule has 1 heterocycles. The zero-order chi connectivity index (χ0) is 22.7. The fourth-order valence-electron chi connectivity index (χ4n) is 4.11. The Morgan fingerprint density at radius 3 is 2.66 bits per heavy atom. The first-order valence-electron chi connectivity index (χ1n) is 10.5. The number of fused-ring (bicyclic) bond motifs is 1. The molecule has 0 spiro atoms. The molecule has 4 rings (SSSR count). The molecule has 1 aromatic heterocycles. The second kappa shape index (κ2) is 9.04. The first kappa shape index (κ1) is 21.9. The van der Waals surface area contributed by atoms with Gasteiger partial charge in [0.2, 0.25) is 0 Å². The molecule has 168 valence electrons. The summed E-state index contributed by atoms with van der Waals surface area (Å²) >= 11 is 0. The highest BCUT2D eigenvalue weighted by atomic mass is 32.2. The molecule has 0 fully saturated rings. The summed E-state index contributed by atoms with van der Waals surface area (Å²) in [6.45, 7) is 2.48. The summed E-state index contributed by atoms with van der Waals surface area (Å²) in [7, 11) is -3.75. The molecule has 0 bridgehead atoms. The molecule has 1 atom stereocenters. The van der Waals surface area contributed by atoms with E-state index in [1.807, 2.05) is 19.1 Å². The predicted molar refractivity (Wildman–Crippen MR) is 120 cm³/mol. The van der Waals surface area contributed by atoms with E-state index >= 15 is 0 Å². The maximum absolute atomic E-state index is 12.8. The van der Waals surface area contributed by atoms with Gasteiger partial charge in [0.25, 0.3) is 10.0 Å². The van der Waals surface area contributed by atoms with Crippen molar-refractivity contribution >= 4 is 21.8 Å². The smallest absolute Gasteiger partial charge is 0.407 e. The average Bonchev–Trinajstić information content (AvgIpc) is 3.32. The summed E-state index contributed by atoms with van der Waals surface area (Å²) in [6, 6.07) is 11.8. The van der Waals surface area contributed by atoms with Crippen LogP contribution in [0.4, 0.5) is 10.5 Å². The average molecular weight is 456 g/mol.